The Balaban J connectivity index is 2.66. The zero-order valence-electron chi connectivity index (χ0n) is 13.0. The Kier molecular flexibility index (Phi) is 6.21. The number of rotatable bonds is 7. The molecular formula is C16H23NO4. The minimum absolute atomic E-state index is 0.149. The summed E-state index contributed by atoms with van der Waals surface area (Å²) in [5.41, 5.74) is 2.08. The number of ether oxygens (including phenoxy) is 1. The summed E-state index contributed by atoms with van der Waals surface area (Å²) in [4.78, 5) is 24.2. The molecule has 0 radical (unpaired) electrons. The maximum atomic E-state index is 12.1. The van der Waals surface area contributed by atoms with Crippen LogP contribution in [0, 0.1) is 19.8 Å². The second-order valence-corrected chi connectivity index (χ2v) is 5.62. The average molecular weight is 293 g/mol. The van der Waals surface area contributed by atoms with E-state index in [1.54, 1.807) is 0 Å². The largest absolute Gasteiger partial charge is 0.484 e. The highest BCUT2D eigenvalue weighted by Gasteiger charge is 2.18. The highest BCUT2D eigenvalue weighted by molar-refractivity contribution is 5.82. The van der Waals surface area contributed by atoms with Crippen molar-refractivity contribution in [2.45, 2.75) is 27.7 Å². The quantitative estimate of drug-likeness (QED) is 0.837. The monoisotopic (exact) mass is 293 g/mol. The molecule has 0 aliphatic rings. The molecule has 116 valence electrons. The number of hydrogen-bond donors (Lipinski definition) is 1. The molecule has 0 heterocycles. The lowest BCUT2D eigenvalue weighted by Crippen LogP contribution is -2.40. The molecule has 1 aromatic carbocycles. The van der Waals surface area contributed by atoms with Gasteiger partial charge in [0.05, 0.1) is 0 Å². The van der Waals surface area contributed by atoms with Crippen LogP contribution < -0.4 is 4.74 Å². The Hall–Kier alpha value is -2.04. The third-order valence-corrected chi connectivity index (χ3v) is 2.95. The van der Waals surface area contributed by atoms with Crippen LogP contribution in [0.15, 0.2) is 18.2 Å². The van der Waals surface area contributed by atoms with Gasteiger partial charge in [0.25, 0.3) is 5.91 Å². The Morgan fingerprint density at radius 2 is 1.95 bits per heavy atom. The number of amides is 1. The van der Waals surface area contributed by atoms with Crippen LogP contribution >= 0.6 is 0 Å². The second kappa shape index (κ2) is 7.67. The lowest BCUT2D eigenvalue weighted by Gasteiger charge is -2.23. The minimum Gasteiger partial charge on any atom is -0.484 e. The fourth-order valence-electron chi connectivity index (χ4n) is 2.05. The minimum atomic E-state index is -1.02. The molecule has 21 heavy (non-hydrogen) atoms. The van der Waals surface area contributed by atoms with E-state index in [4.69, 9.17) is 9.84 Å². The molecular weight excluding hydrogens is 270 g/mol. The van der Waals surface area contributed by atoms with E-state index in [1.807, 2.05) is 45.9 Å². The van der Waals surface area contributed by atoms with Crippen molar-refractivity contribution in [3.05, 3.63) is 29.3 Å². The maximum absolute atomic E-state index is 12.1. The van der Waals surface area contributed by atoms with Crippen molar-refractivity contribution in [2.75, 3.05) is 19.7 Å². The second-order valence-electron chi connectivity index (χ2n) is 5.62. The summed E-state index contributed by atoms with van der Waals surface area (Å²) >= 11 is 0. The molecule has 0 aromatic heterocycles. The Bertz CT molecular complexity index is 511. The predicted octanol–water partition coefficient (Wildman–Crippen LogP) is 2.25. The van der Waals surface area contributed by atoms with Gasteiger partial charge in [0.15, 0.2) is 6.61 Å². The van der Waals surface area contributed by atoms with Crippen molar-refractivity contribution in [2.24, 2.45) is 5.92 Å². The van der Waals surface area contributed by atoms with E-state index in [0.717, 1.165) is 11.1 Å². The third-order valence-electron chi connectivity index (χ3n) is 2.95. The number of carbonyl (C=O) groups excluding carboxylic acids is 1. The number of carboxylic acids is 1. The summed E-state index contributed by atoms with van der Waals surface area (Å²) in [6, 6.07) is 5.71. The molecule has 5 nitrogen and oxygen atoms in total. The summed E-state index contributed by atoms with van der Waals surface area (Å²) in [5, 5.41) is 8.87. The summed E-state index contributed by atoms with van der Waals surface area (Å²) in [7, 11) is 0. The van der Waals surface area contributed by atoms with Crippen molar-refractivity contribution in [1.82, 2.24) is 4.90 Å². The van der Waals surface area contributed by atoms with Gasteiger partial charge in [-0.2, -0.15) is 0 Å². The van der Waals surface area contributed by atoms with Crippen LogP contribution in [0.4, 0.5) is 0 Å². The smallest absolute Gasteiger partial charge is 0.323 e. The highest BCUT2D eigenvalue weighted by Crippen LogP contribution is 2.18. The molecule has 0 bridgehead atoms. The molecule has 0 saturated carbocycles. The number of nitrogens with zero attached hydrogens (tertiary/aromatic N) is 1. The fourth-order valence-corrected chi connectivity index (χ4v) is 2.05. The van der Waals surface area contributed by atoms with E-state index in [2.05, 4.69) is 0 Å². The van der Waals surface area contributed by atoms with E-state index in [-0.39, 0.29) is 25.0 Å². The number of hydrogen-bond acceptors (Lipinski definition) is 3. The molecule has 0 aliphatic carbocycles. The van der Waals surface area contributed by atoms with Gasteiger partial charge in [-0.05, 0) is 31.4 Å². The van der Waals surface area contributed by atoms with Crippen LogP contribution in [0.2, 0.25) is 0 Å². The van der Waals surface area contributed by atoms with Gasteiger partial charge in [0.2, 0.25) is 0 Å². The molecule has 0 spiro atoms. The van der Waals surface area contributed by atoms with E-state index >= 15 is 0 Å². The first-order valence-electron chi connectivity index (χ1n) is 6.99. The molecule has 5 heteroatoms. The Labute approximate surface area is 125 Å². The van der Waals surface area contributed by atoms with Gasteiger partial charge in [0.1, 0.15) is 12.3 Å². The van der Waals surface area contributed by atoms with Gasteiger partial charge >= 0.3 is 5.97 Å². The first-order valence-corrected chi connectivity index (χ1v) is 6.99. The van der Waals surface area contributed by atoms with Crippen molar-refractivity contribution < 1.29 is 19.4 Å². The highest BCUT2D eigenvalue weighted by atomic mass is 16.5. The summed E-state index contributed by atoms with van der Waals surface area (Å²) in [6.45, 7) is 7.73. The SMILES string of the molecule is Cc1ccc(OCC(=O)N(CC(=O)O)CC(C)C)c(C)c1. The van der Waals surface area contributed by atoms with Crippen LogP contribution in [0.1, 0.15) is 25.0 Å². The number of aryl methyl sites for hydroxylation is 2. The van der Waals surface area contributed by atoms with Crippen LogP contribution in [-0.4, -0.2) is 41.6 Å². The molecule has 0 atom stereocenters. The van der Waals surface area contributed by atoms with Gasteiger partial charge in [-0.15, -0.1) is 0 Å². The molecule has 0 saturated heterocycles. The fraction of sp³-hybridized carbons (Fsp3) is 0.500. The third kappa shape index (κ3) is 5.85. The summed E-state index contributed by atoms with van der Waals surface area (Å²) in [5.74, 6) is -0.482. The normalized spacial score (nSPS) is 10.5. The average Bonchev–Trinajstić information content (AvgIpc) is 2.35. The maximum Gasteiger partial charge on any atom is 0.323 e. The molecule has 1 rings (SSSR count). The van der Waals surface area contributed by atoms with Crippen molar-refractivity contribution in [1.29, 1.82) is 0 Å². The molecule has 1 aromatic rings. The van der Waals surface area contributed by atoms with Crippen LogP contribution in [-0.2, 0) is 9.59 Å². The van der Waals surface area contributed by atoms with Crippen molar-refractivity contribution in [3.63, 3.8) is 0 Å². The Morgan fingerprint density at radius 1 is 1.29 bits per heavy atom. The van der Waals surface area contributed by atoms with Crippen LogP contribution in [0.3, 0.4) is 0 Å². The summed E-state index contributed by atoms with van der Waals surface area (Å²) in [6.07, 6.45) is 0. The number of benzene rings is 1. The van der Waals surface area contributed by atoms with Gasteiger partial charge in [0, 0.05) is 6.54 Å². The van der Waals surface area contributed by atoms with E-state index < -0.39 is 5.97 Å². The molecule has 0 unspecified atom stereocenters. The molecule has 1 amide bonds. The number of carboxylic acid groups (broad SMARTS) is 1. The molecule has 1 N–H and O–H groups in total. The van der Waals surface area contributed by atoms with E-state index in [0.29, 0.717) is 12.3 Å². The number of aliphatic carboxylic acids is 1. The van der Waals surface area contributed by atoms with E-state index in [1.165, 1.54) is 4.90 Å². The number of carbonyl (C=O) groups is 2. The van der Waals surface area contributed by atoms with Gasteiger partial charge < -0.3 is 14.7 Å². The van der Waals surface area contributed by atoms with Crippen LogP contribution in [0.25, 0.3) is 0 Å². The van der Waals surface area contributed by atoms with Gasteiger partial charge in [-0.1, -0.05) is 31.5 Å². The lowest BCUT2D eigenvalue weighted by atomic mass is 10.1. The first kappa shape index (κ1) is 17.0. The molecule has 0 fully saturated rings. The Morgan fingerprint density at radius 3 is 2.48 bits per heavy atom. The zero-order chi connectivity index (χ0) is 16.0. The lowest BCUT2D eigenvalue weighted by molar-refractivity contribution is -0.145. The topological polar surface area (TPSA) is 66.8 Å². The van der Waals surface area contributed by atoms with E-state index in [9.17, 15) is 9.59 Å². The van der Waals surface area contributed by atoms with Crippen LogP contribution in [0.5, 0.6) is 5.75 Å². The van der Waals surface area contributed by atoms with Crippen molar-refractivity contribution in [3.8, 4) is 5.75 Å². The van der Waals surface area contributed by atoms with Gasteiger partial charge in [-0.25, -0.2) is 0 Å². The van der Waals surface area contributed by atoms with Crippen molar-refractivity contribution >= 4 is 11.9 Å². The zero-order valence-corrected chi connectivity index (χ0v) is 13.0. The predicted molar refractivity (Wildman–Crippen MR) is 80.5 cm³/mol. The summed E-state index contributed by atoms with van der Waals surface area (Å²) < 4.78 is 5.51. The standard InChI is InChI=1S/C16H23NO4/c1-11(2)8-17(9-16(19)20)15(18)10-21-14-6-5-12(3)7-13(14)4/h5-7,11H,8-10H2,1-4H3,(H,19,20). The van der Waals surface area contributed by atoms with Gasteiger partial charge in [-0.3, -0.25) is 9.59 Å². The molecule has 0 aliphatic heterocycles. The first-order chi connectivity index (χ1) is 9.79.